The lowest BCUT2D eigenvalue weighted by molar-refractivity contribution is 0.472. The molecule has 0 saturated carbocycles. The zero-order chi connectivity index (χ0) is 17.8. The molecule has 3 aromatic rings. The third-order valence-corrected chi connectivity index (χ3v) is 4.25. The quantitative estimate of drug-likeness (QED) is 0.559. The van der Waals surface area contributed by atoms with Crippen molar-refractivity contribution in [1.82, 2.24) is 10.2 Å². The molecule has 0 bridgehead atoms. The van der Waals surface area contributed by atoms with E-state index in [0.29, 0.717) is 21.5 Å². The summed E-state index contributed by atoms with van der Waals surface area (Å²) >= 11 is 12.0. The van der Waals surface area contributed by atoms with E-state index < -0.39 is 0 Å². The lowest BCUT2D eigenvalue weighted by atomic mass is 10.1. The van der Waals surface area contributed by atoms with Crippen molar-refractivity contribution in [2.24, 2.45) is 0 Å². The second-order valence-electron chi connectivity index (χ2n) is 5.81. The first-order valence-corrected chi connectivity index (χ1v) is 8.69. The number of aryl methyl sites for hydroxylation is 3. The molecule has 0 amide bonds. The number of rotatable bonds is 6. The Bertz CT molecular complexity index is 842. The number of ether oxygens (including phenoxy) is 1. The van der Waals surface area contributed by atoms with Gasteiger partial charge < -0.3 is 4.74 Å². The van der Waals surface area contributed by atoms with Crippen molar-refractivity contribution >= 4 is 23.2 Å². The smallest absolute Gasteiger partial charge is 0.171 e. The first kappa shape index (κ1) is 17.8. The SMILES string of the molecule is Cc1[nH]nc(CCCc2ccc(F)cc2)c1Oc1cc(Cl)cc(Cl)c1. The van der Waals surface area contributed by atoms with Crippen molar-refractivity contribution in [2.75, 3.05) is 0 Å². The fourth-order valence-electron chi connectivity index (χ4n) is 2.59. The molecule has 0 aliphatic rings. The van der Waals surface area contributed by atoms with Crippen LogP contribution in [0.4, 0.5) is 4.39 Å². The van der Waals surface area contributed by atoms with Crippen molar-refractivity contribution in [2.45, 2.75) is 26.2 Å². The largest absolute Gasteiger partial charge is 0.453 e. The van der Waals surface area contributed by atoms with Crippen molar-refractivity contribution < 1.29 is 9.13 Å². The van der Waals surface area contributed by atoms with Gasteiger partial charge in [-0.2, -0.15) is 5.10 Å². The number of nitrogens with one attached hydrogen (secondary N) is 1. The van der Waals surface area contributed by atoms with Gasteiger partial charge in [-0.3, -0.25) is 5.10 Å². The van der Waals surface area contributed by atoms with Gasteiger partial charge in [0.25, 0.3) is 0 Å². The molecular weight excluding hydrogens is 362 g/mol. The first-order chi connectivity index (χ1) is 12.0. The summed E-state index contributed by atoms with van der Waals surface area (Å²) in [6, 6.07) is 11.6. The molecule has 0 aliphatic carbocycles. The highest BCUT2D eigenvalue weighted by atomic mass is 35.5. The van der Waals surface area contributed by atoms with Crippen LogP contribution in [0.2, 0.25) is 10.0 Å². The normalized spacial score (nSPS) is 10.9. The topological polar surface area (TPSA) is 37.9 Å². The number of hydrogen-bond acceptors (Lipinski definition) is 2. The molecule has 6 heteroatoms. The molecule has 0 unspecified atom stereocenters. The standard InChI is InChI=1S/C19H17Cl2FN2O/c1-12-19(25-17-10-14(20)9-15(21)11-17)18(24-23-12)4-2-3-13-5-7-16(22)8-6-13/h5-11H,2-4H2,1H3,(H,23,24). The van der Waals surface area contributed by atoms with Gasteiger partial charge in [0.15, 0.2) is 5.75 Å². The average Bonchev–Trinajstić information content (AvgIpc) is 2.89. The van der Waals surface area contributed by atoms with Crippen LogP contribution in [0.1, 0.15) is 23.4 Å². The minimum absolute atomic E-state index is 0.220. The van der Waals surface area contributed by atoms with E-state index in [-0.39, 0.29) is 5.82 Å². The molecule has 0 aliphatic heterocycles. The summed E-state index contributed by atoms with van der Waals surface area (Å²) in [7, 11) is 0. The number of nitrogens with zero attached hydrogens (tertiary/aromatic N) is 1. The van der Waals surface area contributed by atoms with Crippen LogP contribution in [0.3, 0.4) is 0 Å². The second-order valence-corrected chi connectivity index (χ2v) is 6.68. The summed E-state index contributed by atoms with van der Waals surface area (Å²) in [5.41, 5.74) is 2.78. The highest BCUT2D eigenvalue weighted by Crippen LogP contribution is 2.32. The minimum Gasteiger partial charge on any atom is -0.453 e. The van der Waals surface area contributed by atoms with Crippen LogP contribution < -0.4 is 4.74 Å². The zero-order valence-corrected chi connectivity index (χ0v) is 15.2. The maximum absolute atomic E-state index is 12.9. The van der Waals surface area contributed by atoms with Gasteiger partial charge in [0.05, 0.1) is 5.69 Å². The van der Waals surface area contributed by atoms with Gasteiger partial charge in [0, 0.05) is 10.0 Å². The van der Waals surface area contributed by atoms with Gasteiger partial charge in [0.2, 0.25) is 0 Å². The van der Waals surface area contributed by atoms with Crippen LogP contribution in [-0.2, 0) is 12.8 Å². The Hall–Kier alpha value is -2.04. The number of benzene rings is 2. The number of H-pyrrole nitrogens is 1. The number of hydrogen-bond donors (Lipinski definition) is 1. The average molecular weight is 379 g/mol. The van der Waals surface area contributed by atoms with Crippen molar-refractivity contribution in [3.05, 3.63) is 75.3 Å². The van der Waals surface area contributed by atoms with E-state index in [0.717, 1.165) is 36.2 Å². The van der Waals surface area contributed by atoms with Crippen LogP contribution in [-0.4, -0.2) is 10.2 Å². The maximum Gasteiger partial charge on any atom is 0.171 e. The van der Waals surface area contributed by atoms with Gasteiger partial charge in [-0.25, -0.2) is 4.39 Å². The van der Waals surface area contributed by atoms with Gasteiger partial charge >= 0.3 is 0 Å². The van der Waals surface area contributed by atoms with Crippen LogP contribution in [0.25, 0.3) is 0 Å². The van der Waals surface area contributed by atoms with Gasteiger partial charge in [-0.05, 0) is 62.1 Å². The highest BCUT2D eigenvalue weighted by molar-refractivity contribution is 6.34. The molecule has 0 radical (unpaired) electrons. The van der Waals surface area contributed by atoms with E-state index >= 15 is 0 Å². The Labute approximate surface area is 155 Å². The Morgan fingerprint density at radius 1 is 1.04 bits per heavy atom. The summed E-state index contributed by atoms with van der Waals surface area (Å²) in [5, 5.41) is 8.31. The van der Waals surface area contributed by atoms with Crippen LogP contribution in [0, 0.1) is 12.7 Å². The van der Waals surface area contributed by atoms with E-state index in [9.17, 15) is 4.39 Å². The molecule has 1 aromatic heterocycles. The van der Waals surface area contributed by atoms with E-state index in [1.165, 1.54) is 12.1 Å². The van der Waals surface area contributed by atoms with Crippen LogP contribution in [0.5, 0.6) is 11.5 Å². The van der Waals surface area contributed by atoms with Crippen molar-refractivity contribution in [3.63, 3.8) is 0 Å². The molecule has 2 aromatic carbocycles. The summed E-state index contributed by atoms with van der Waals surface area (Å²) in [5.74, 6) is 1.04. The third-order valence-electron chi connectivity index (χ3n) is 3.81. The molecule has 25 heavy (non-hydrogen) atoms. The third kappa shape index (κ3) is 4.74. The lowest BCUT2D eigenvalue weighted by Crippen LogP contribution is -1.94. The summed E-state index contributed by atoms with van der Waals surface area (Å²) in [4.78, 5) is 0. The summed E-state index contributed by atoms with van der Waals surface area (Å²) < 4.78 is 18.9. The predicted octanol–water partition coefficient (Wildman–Crippen LogP) is 6.13. The lowest BCUT2D eigenvalue weighted by Gasteiger charge is -2.08. The van der Waals surface area contributed by atoms with E-state index in [1.54, 1.807) is 30.3 Å². The maximum atomic E-state index is 12.9. The number of aromatic amines is 1. The number of halogens is 3. The highest BCUT2D eigenvalue weighted by Gasteiger charge is 2.13. The van der Waals surface area contributed by atoms with Gasteiger partial charge in [-0.1, -0.05) is 35.3 Å². The Morgan fingerprint density at radius 3 is 2.40 bits per heavy atom. The van der Waals surface area contributed by atoms with Gasteiger partial charge in [0.1, 0.15) is 17.3 Å². The molecule has 1 heterocycles. The Kier molecular flexibility index (Phi) is 5.61. The fourth-order valence-corrected chi connectivity index (χ4v) is 3.10. The molecule has 130 valence electrons. The Morgan fingerprint density at radius 2 is 1.72 bits per heavy atom. The van der Waals surface area contributed by atoms with Crippen LogP contribution in [0.15, 0.2) is 42.5 Å². The minimum atomic E-state index is -0.220. The van der Waals surface area contributed by atoms with E-state index in [1.807, 2.05) is 6.92 Å². The summed E-state index contributed by atoms with van der Waals surface area (Å²) in [6.45, 7) is 1.90. The molecule has 0 spiro atoms. The number of aromatic nitrogens is 2. The predicted molar refractivity (Wildman–Crippen MR) is 98.3 cm³/mol. The molecule has 0 saturated heterocycles. The molecule has 0 fully saturated rings. The molecule has 3 rings (SSSR count). The molecule has 3 nitrogen and oxygen atoms in total. The Balaban J connectivity index is 1.67. The van der Waals surface area contributed by atoms with Crippen molar-refractivity contribution in [1.29, 1.82) is 0 Å². The molecular formula is C19H17Cl2FN2O. The monoisotopic (exact) mass is 378 g/mol. The molecule has 1 N–H and O–H groups in total. The van der Waals surface area contributed by atoms with Gasteiger partial charge in [-0.15, -0.1) is 0 Å². The van der Waals surface area contributed by atoms with E-state index in [2.05, 4.69) is 10.2 Å². The fraction of sp³-hybridized carbons (Fsp3) is 0.211. The zero-order valence-electron chi connectivity index (χ0n) is 13.7. The molecule has 0 atom stereocenters. The van der Waals surface area contributed by atoms with E-state index in [4.69, 9.17) is 27.9 Å². The second kappa shape index (κ2) is 7.89. The van der Waals surface area contributed by atoms with Crippen LogP contribution >= 0.6 is 23.2 Å². The summed E-state index contributed by atoms with van der Waals surface area (Å²) in [6.07, 6.45) is 2.46. The first-order valence-electron chi connectivity index (χ1n) is 7.93. The van der Waals surface area contributed by atoms with Crippen molar-refractivity contribution in [3.8, 4) is 11.5 Å².